The quantitative estimate of drug-likeness (QED) is 0.266. The summed E-state index contributed by atoms with van der Waals surface area (Å²) in [6.45, 7) is 3.05. The summed E-state index contributed by atoms with van der Waals surface area (Å²) >= 11 is 0. The Morgan fingerprint density at radius 1 is 1.17 bits per heavy atom. The van der Waals surface area contributed by atoms with E-state index in [-0.39, 0.29) is 43.3 Å². The molecule has 2 aromatic heterocycles. The van der Waals surface area contributed by atoms with Crippen molar-refractivity contribution in [1.82, 2.24) is 19.7 Å². The Hall–Kier alpha value is -4.34. The molecule has 0 spiro atoms. The van der Waals surface area contributed by atoms with Gasteiger partial charge in [-0.2, -0.15) is 5.10 Å². The van der Waals surface area contributed by atoms with E-state index in [0.717, 1.165) is 18.4 Å². The number of alkyl halides is 4. The van der Waals surface area contributed by atoms with Crippen LogP contribution < -0.4 is 9.47 Å². The summed E-state index contributed by atoms with van der Waals surface area (Å²) in [5.74, 6) is -2.16. The molecular weight excluding hydrogens is 586 g/mol. The lowest BCUT2D eigenvalue weighted by Crippen LogP contribution is -2.49. The van der Waals surface area contributed by atoms with E-state index in [1.165, 1.54) is 46.4 Å². The number of piperidine rings is 1. The number of amides is 2. The fraction of sp³-hybridized carbons (Fsp3) is 0.346. The molecule has 0 saturated carbocycles. The Kier molecular flexibility index (Phi) is 8.94. The number of likely N-dealkylation sites (tertiary alicyclic amines) is 1. The predicted molar refractivity (Wildman–Crippen MR) is 142 cm³/mol. The number of aliphatic imine (C=N–C) groups is 1. The van der Waals surface area contributed by atoms with E-state index in [9.17, 15) is 31.2 Å². The number of carbonyl (C=O) groups excluding carboxylic acids is 2. The van der Waals surface area contributed by atoms with Crippen LogP contribution in [0.1, 0.15) is 22.3 Å². The lowest BCUT2D eigenvalue weighted by Gasteiger charge is -2.34. The molecule has 1 fully saturated rings. The van der Waals surface area contributed by atoms with Gasteiger partial charge in [0.2, 0.25) is 11.8 Å². The normalized spacial score (nSPS) is 17.5. The van der Waals surface area contributed by atoms with Crippen LogP contribution >= 0.6 is 0 Å². The highest BCUT2D eigenvalue weighted by molar-refractivity contribution is 7.89. The second kappa shape index (κ2) is 12.3. The molecule has 1 aliphatic heterocycles. The van der Waals surface area contributed by atoms with Crippen LogP contribution in [0.4, 0.5) is 17.6 Å². The fourth-order valence-electron chi connectivity index (χ4n) is 4.25. The maximum Gasteiger partial charge on any atom is 0.573 e. The van der Waals surface area contributed by atoms with Crippen molar-refractivity contribution in [1.29, 1.82) is 0 Å². The molecule has 42 heavy (non-hydrogen) atoms. The van der Waals surface area contributed by atoms with Gasteiger partial charge in [-0.1, -0.05) is 12.1 Å². The first-order chi connectivity index (χ1) is 19.7. The number of benzene rings is 1. The van der Waals surface area contributed by atoms with Crippen molar-refractivity contribution >= 4 is 28.4 Å². The standard InChI is InChI=1S/C26H25F4N5O6S/c1-31-24(37)20-10-17(18-12-33-35(13-18)15-42(2,38)39)11-32-25(20)40-22-7-8-34(14-21(22)27)23(36)9-16-3-5-19(6-4-16)41-26(28,29)30/h3-6,10-13,21-22H,1,7-9,14-15H2,2H3. The average molecular weight is 612 g/mol. The third kappa shape index (κ3) is 8.11. The van der Waals surface area contributed by atoms with E-state index in [2.05, 4.69) is 26.5 Å². The Morgan fingerprint density at radius 2 is 1.88 bits per heavy atom. The molecule has 3 heterocycles. The number of aromatic nitrogens is 3. The second-order valence-corrected chi connectivity index (χ2v) is 11.6. The Balaban J connectivity index is 1.40. The summed E-state index contributed by atoms with van der Waals surface area (Å²) in [4.78, 5) is 34.0. The number of nitrogens with zero attached hydrogens (tertiary/aromatic N) is 5. The van der Waals surface area contributed by atoms with Gasteiger partial charge in [-0.3, -0.25) is 14.3 Å². The Labute approximate surface area is 237 Å². The zero-order chi connectivity index (χ0) is 30.7. The zero-order valence-electron chi connectivity index (χ0n) is 22.1. The van der Waals surface area contributed by atoms with Crippen molar-refractivity contribution in [3.05, 3.63) is 60.0 Å². The molecule has 0 radical (unpaired) electrons. The highest BCUT2D eigenvalue weighted by Gasteiger charge is 2.34. The molecule has 0 aliphatic carbocycles. The Morgan fingerprint density at radius 3 is 2.50 bits per heavy atom. The summed E-state index contributed by atoms with van der Waals surface area (Å²) in [6.07, 6.45) is -2.32. The highest BCUT2D eigenvalue weighted by atomic mass is 32.2. The third-order valence-corrected chi connectivity index (χ3v) is 6.90. The number of ether oxygens (including phenoxy) is 2. The molecule has 224 valence electrons. The molecule has 4 rings (SSSR count). The minimum atomic E-state index is -4.83. The number of hydrogen-bond acceptors (Lipinski definition) is 8. The Bertz CT molecular complexity index is 1580. The van der Waals surface area contributed by atoms with Crippen LogP contribution in [0.25, 0.3) is 11.1 Å². The highest BCUT2D eigenvalue weighted by Crippen LogP contribution is 2.28. The van der Waals surface area contributed by atoms with Crippen LogP contribution in [-0.2, 0) is 26.9 Å². The average Bonchev–Trinajstić information content (AvgIpc) is 3.36. The van der Waals surface area contributed by atoms with E-state index >= 15 is 4.39 Å². The van der Waals surface area contributed by atoms with Gasteiger partial charge in [0.05, 0.1) is 19.2 Å². The predicted octanol–water partition coefficient (Wildman–Crippen LogP) is 3.25. The van der Waals surface area contributed by atoms with Crippen LogP contribution in [0, 0.1) is 0 Å². The second-order valence-electron chi connectivity index (χ2n) is 9.53. The number of sulfone groups is 1. The van der Waals surface area contributed by atoms with Crippen molar-refractivity contribution < 1.29 is 45.0 Å². The maximum absolute atomic E-state index is 15.1. The van der Waals surface area contributed by atoms with Crippen molar-refractivity contribution in [2.45, 2.75) is 37.4 Å². The topological polar surface area (TPSA) is 133 Å². The monoisotopic (exact) mass is 611 g/mol. The fourth-order valence-corrected chi connectivity index (χ4v) is 4.87. The summed E-state index contributed by atoms with van der Waals surface area (Å²) in [7, 11) is -3.34. The van der Waals surface area contributed by atoms with E-state index in [1.54, 1.807) is 0 Å². The largest absolute Gasteiger partial charge is 0.573 e. The number of pyridine rings is 1. The molecule has 2 atom stereocenters. The summed E-state index contributed by atoms with van der Waals surface area (Å²) < 4.78 is 86.0. The smallest absolute Gasteiger partial charge is 0.471 e. The van der Waals surface area contributed by atoms with Gasteiger partial charge in [0, 0.05) is 42.7 Å². The molecule has 0 N–H and O–H groups in total. The molecule has 2 unspecified atom stereocenters. The third-order valence-electron chi connectivity index (χ3n) is 6.17. The van der Waals surface area contributed by atoms with Gasteiger partial charge in [-0.15, -0.1) is 13.2 Å². The molecular formula is C26H25F4N5O6S. The van der Waals surface area contributed by atoms with Crippen LogP contribution in [0.15, 0.2) is 53.9 Å². The molecule has 11 nitrogen and oxygen atoms in total. The number of halogens is 4. The molecule has 2 amide bonds. The summed E-state index contributed by atoms with van der Waals surface area (Å²) in [6, 6.07) is 6.22. The maximum atomic E-state index is 15.1. The minimum absolute atomic E-state index is 0.0715. The first-order valence-corrected chi connectivity index (χ1v) is 14.4. The van der Waals surface area contributed by atoms with E-state index < -0.39 is 46.0 Å². The summed E-state index contributed by atoms with van der Waals surface area (Å²) in [5, 5.41) is 3.99. The molecule has 1 aliphatic rings. The van der Waals surface area contributed by atoms with Crippen LogP contribution in [-0.4, -0.2) is 84.6 Å². The van der Waals surface area contributed by atoms with E-state index in [4.69, 9.17) is 4.74 Å². The van der Waals surface area contributed by atoms with Crippen molar-refractivity contribution in [2.75, 3.05) is 19.3 Å². The van der Waals surface area contributed by atoms with Crippen molar-refractivity contribution in [3.8, 4) is 22.8 Å². The SMILES string of the molecule is C=NC(=O)c1cc(-c2cnn(CS(C)(=O)=O)c2)cnc1OC1CCN(C(=O)Cc2ccc(OC(F)(F)F)cc2)CC1F. The van der Waals surface area contributed by atoms with Gasteiger partial charge in [0.15, 0.2) is 16.0 Å². The van der Waals surface area contributed by atoms with E-state index in [1.807, 2.05) is 0 Å². The van der Waals surface area contributed by atoms with E-state index in [0.29, 0.717) is 16.7 Å². The number of carbonyl (C=O) groups is 2. The van der Waals surface area contributed by atoms with Gasteiger partial charge in [0.25, 0.3) is 5.91 Å². The molecule has 16 heteroatoms. The molecule has 0 bridgehead atoms. The zero-order valence-corrected chi connectivity index (χ0v) is 22.9. The first-order valence-electron chi connectivity index (χ1n) is 12.4. The lowest BCUT2D eigenvalue weighted by molar-refractivity contribution is -0.274. The first kappa shape index (κ1) is 30.6. The summed E-state index contributed by atoms with van der Waals surface area (Å²) in [5.41, 5.74) is 1.20. The van der Waals surface area contributed by atoms with Gasteiger partial charge >= 0.3 is 6.36 Å². The van der Waals surface area contributed by atoms with Gasteiger partial charge in [0.1, 0.15) is 23.3 Å². The van der Waals surface area contributed by atoms with Crippen molar-refractivity contribution in [3.63, 3.8) is 0 Å². The van der Waals surface area contributed by atoms with Gasteiger partial charge < -0.3 is 14.4 Å². The minimum Gasteiger partial charge on any atom is -0.471 e. The van der Waals surface area contributed by atoms with Crippen molar-refractivity contribution in [2.24, 2.45) is 4.99 Å². The van der Waals surface area contributed by atoms with Gasteiger partial charge in [-0.25, -0.2) is 22.8 Å². The molecule has 1 saturated heterocycles. The molecule has 1 aromatic carbocycles. The van der Waals surface area contributed by atoms with Crippen LogP contribution in [0.2, 0.25) is 0 Å². The van der Waals surface area contributed by atoms with Gasteiger partial charge in [-0.05, 0) is 30.5 Å². The van der Waals surface area contributed by atoms with Crippen LogP contribution in [0.3, 0.4) is 0 Å². The lowest BCUT2D eigenvalue weighted by atomic mass is 10.0. The van der Waals surface area contributed by atoms with Crippen LogP contribution in [0.5, 0.6) is 11.6 Å². The number of hydrogen-bond donors (Lipinski definition) is 0. The number of rotatable bonds is 9. The molecule has 3 aromatic rings.